The Morgan fingerprint density at radius 3 is 2.29 bits per heavy atom. The number of nitrogens with one attached hydrogen (secondary N) is 1. The van der Waals surface area contributed by atoms with E-state index in [2.05, 4.69) is 5.32 Å². The molecule has 0 amide bonds. The van der Waals surface area contributed by atoms with Gasteiger partial charge in [-0.05, 0) is 24.2 Å². The summed E-state index contributed by atoms with van der Waals surface area (Å²) in [6, 6.07) is 0. The second-order valence-corrected chi connectivity index (χ2v) is 5.87. The first-order chi connectivity index (χ1) is 7.38. The summed E-state index contributed by atoms with van der Waals surface area (Å²) >= 11 is 0. The first kappa shape index (κ1) is 13.0. The van der Waals surface area contributed by atoms with Crippen LogP contribution in [-0.4, -0.2) is 30.1 Å². The number of rotatable bonds is 2. The molecule has 0 atom stereocenters. The SMILES string of the molecule is Cl.O=C(O)C12CNCC(C3CC(F)(F)C3)(C1)C2. The van der Waals surface area contributed by atoms with Gasteiger partial charge in [0.2, 0.25) is 5.92 Å². The zero-order valence-corrected chi connectivity index (χ0v) is 10.2. The van der Waals surface area contributed by atoms with Crippen molar-refractivity contribution in [1.82, 2.24) is 5.32 Å². The van der Waals surface area contributed by atoms with E-state index in [9.17, 15) is 13.6 Å². The van der Waals surface area contributed by atoms with Crippen molar-refractivity contribution in [3.05, 3.63) is 0 Å². The van der Waals surface area contributed by atoms with Crippen LogP contribution >= 0.6 is 12.4 Å². The number of carboxylic acids is 1. The number of alkyl halides is 2. The van der Waals surface area contributed by atoms with Gasteiger partial charge in [-0.15, -0.1) is 12.4 Å². The molecule has 2 aliphatic carbocycles. The summed E-state index contributed by atoms with van der Waals surface area (Å²) < 4.78 is 25.7. The van der Waals surface area contributed by atoms with Gasteiger partial charge in [-0.3, -0.25) is 4.79 Å². The second-order valence-electron chi connectivity index (χ2n) is 5.87. The molecule has 98 valence electrons. The molecule has 3 nitrogen and oxygen atoms in total. The summed E-state index contributed by atoms with van der Waals surface area (Å²) in [4.78, 5) is 11.1. The lowest BCUT2D eigenvalue weighted by Gasteiger charge is -2.64. The normalized spacial score (nSPS) is 42.9. The Balaban J connectivity index is 0.00000108. The Hall–Kier alpha value is -0.420. The third-order valence-electron chi connectivity index (χ3n) is 4.73. The van der Waals surface area contributed by atoms with Gasteiger partial charge in [0.1, 0.15) is 0 Å². The average molecular weight is 268 g/mol. The molecule has 0 spiro atoms. The van der Waals surface area contributed by atoms with Crippen molar-refractivity contribution in [1.29, 1.82) is 0 Å². The molecule has 2 saturated heterocycles. The van der Waals surface area contributed by atoms with E-state index in [1.807, 2.05) is 0 Å². The highest BCUT2D eigenvalue weighted by atomic mass is 35.5. The van der Waals surface area contributed by atoms with Gasteiger partial charge in [-0.1, -0.05) is 0 Å². The van der Waals surface area contributed by atoms with Crippen LogP contribution in [0, 0.1) is 16.7 Å². The summed E-state index contributed by atoms with van der Waals surface area (Å²) in [7, 11) is 0. The predicted molar refractivity (Wildman–Crippen MR) is 59.5 cm³/mol. The monoisotopic (exact) mass is 267 g/mol. The number of fused-ring (bicyclic) bond motifs is 2. The van der Waals surface area contributed by atoms with Crippen LogP contribution in [0.15, 0.2) is 0 Å². The lowest BCUT2D eigenvalue weighted by Crippen LogP contribution is -2.69. The van der Waals surface area contributed by atoms with Crippen molar-refractivity contribution in [3.63, 3.8) is 0 Å². The van der Waals surface area contributed by atoms with E-state index in [4.69, 9.17) is 5.11 Å². The van der Waals surface area contributed by atoms with Crippen molar-refractivity contribution in [2.75, 3.05) is 13.1 Å². The van der Waals surface area contributed by atoms with Crippen LogP contribution in [-0.2, 0) is 4.79 Å². The number of aliphatic carboxylic acids is 1. The summed E-state index contributed by atoms with van der Waals surface area (Å²) in [6.45, 7) is 1.20. The van der Waals surface area contributed by atoms with E-state index in [1.165, 1.54) is 0 Å². The molecule has 0 unspecified atom stereocenters. The first-order valence-electron chi connectivity index (χ1n) is 5.70. The fourth-order valence-electron chi connectivity index (χ4n) is 3.85. The summed E-state index contributed by atoms with van der Waals surface area (Å²) in [5.41, 5.74) is -0.818. The highest BCUT2D eigenvalue weighted by Crippen LogP contribution is 2.66. The second kappa shape index (κ2) is 3.54. The molecule has 4 rings (SSSR count). The molecular formula is C11H16ClF2NO2. The molecule has 0 aromatic carbocycles. The Morgan fingerprint density at radius 1 is 1.24 bits per heavy atom. The van der Waals surface area contributed by atoms with Gasteiger partial charge in [0.15, 0.2) is 0 Å². The fourth-order valence-corrected chi connectivity index (χ4v) is 3.85. The molecule has 2 bridgehead atoms. The fraction of sp³-hybridized carbons (Fsp3) is 0.909. The van der Waals surface area contributed by atoms with Crippen LogP contribution in [0.25, 0.3) is 0 Å². The van der Waals surface area contributed by atoms with Gasteiger partial charge < -0.3 is 10.4 Å². The minimum absolute atomic E-state index is 0. The van der Waals surface area contributed by atoms with Crippen molar-refractivity contribution < 1.29 is 18.7 Å². The number of hydrogen-bond acceptors (Lipinski definition) is 2. The number of carbonyl (C=O) groups is 1. The molecule has 17 heavy (non-hydrogen) atoms. The van der Waals surface area contributed by atoms with Crippen molar-refractivity contribution >= 4 is 18.4 Å². The van der Waals surface area contributed by atoms with Crippen LogP contribution in [0.3, 0.4) is 0 Å². The van der Waals surface area contributed by atoms with Crippen LogP contribution in [0.5, 0.6) is 0 Å². The molecule has 0 radical (unpaired) electrons. The molecule has 2 heterocycles. The molecule has 6 heteroatoms. The Kier molecular flexibility index (Phi) is 2.71. The third kappa shape index (κ3) is 1.66. The van der Waals surface area contributed by atoms with E-state index >= 15 is 0 Å². The van der Waals surface area contributed by atoms with Crippen LogP contribution < -0.4 is 5.32 Å². The number of carboxylic acid groups (broad SMARTS) is 1. The molecule has 2 N–H and O–H groups in total. The van der Waals surface area contributed by atoms with Crippen LogP contribution in [0.1, 0.15) is 25.7 Å². The quantitative estimate of drug-likeness (QED) is 0.804. The number of halogens is 3. The van der Waals surface area contributed by atoms with E-state index in [0.717, 1.165) is 0 Å². The van der Waals surface area contributed by atoms with Gasteiger partial charge in [0.25, 0.3) is 0 Å². The van der Waals surface area contributed by atoms with Crippen LogP contribution in [0.4, 0.5) is 8.78 Å². The minimum atomic E-state index is -2.50. The third-order valence-corrected chi connectivity index (χ3v) is 4.73. The Bertz CT molecular complexity index is 347. The lowest BCUT2D eigenvalue weighted by atomic mass is 9.43. The lowest BCUT2D eigenvalue weighted by molar-refractivity contribution is -0.216. The first-order valence-corrected chi connectivity index (χ1v) is 5.70. The molecule has 4 fully saturated rings. The summed E-state index contributed by atoms with van der Waals surface area (Å²) in [6.07, 6.45) is 1.07. The van der Waals surface area contributed by atoms with Crippen molar-refractivity contribution in [3.8, 4) is 0 Å². The number of hydrogen-bond donors (Lipinski definition) is 2. The molecule has 2 saturated carbocycles. The highest BCUT2D eigenvalue weighted by Gasteiger charge is 2.67. The van der Waals surface area contributed by atoms with Gasteiger partial charge >= 0.3 is 5.97 Å². The molecule has 4 aliphatic rings. The van der Waals surface area contributed by atoms with Gasteiger partial charge in [-0.2, -0.15) is 0 Å². The minimum Gasteiger partial charge on any atom is -0.481 e. The molecule has 0 aromatic heterocycles. The highest BCUT2D eigenvalue weighted by molar-refractivity contribution is 5.85. The topological polar surface area (TPSA) is 49.3 Å². The molecule has 0 aromatic rings. The van der Waals surface area contributed by atoms with Crippen molar-refractivity contribution in [2.24, 2.45) is 16.7 Å². The molecule has 2 aliphatic heterocycles. The Morgan fingerprint density at radius 2 is 1.82 bits per heavy atom. The molecular weight excluding hydrogens is 252 g/mol. The van der Waals surface area contributed by atoms with E-state index in [0.29, 0.717) is 25.9 Å². The smallest absolute Gasteiger partial charge is 0.310 e. The largest absolute Gasteiger partial charge is 0.481 e. The number of piperidine rings is 2. The van der Waals surface area contributed by atoms with Gasteiger partial charge in [0.05, 0.1) is 5.41 Å². The zero-order chi connectivity index (χ0) is 11.6. The van der Waals surface area contributed by atoms with Crippen molar-refractivity contribution in [2.45, 2.75) is 31.6 Å². The van der Waals surface area contributed by atoms with E-state index < -0.39 is 17.3 Å². The average Bonchev–Trinajstić information content (AvgIpc) is 2.13. The van der Waals surface area contributed by atoms with Crippen LogP contribution in [0.2, 0.25) is 0 Å². The zero-order valence-electron chi connectivity index (χ0n) is 9.34. The predicted octanol–water partition coefficient (Wildman–Crippen LogP) is 1.91. The van der Waals surface area contributed by atoms with E-state index in [-0.39, 0.29) is 36.6 Å². The maximum absolute atomic E-state index is 12.8. The Labute approximate surface area is 104 Å². The summed E-state index contributed by atoms with van der Waals surface area (Å²) in [5, 5.41) is 12.2. The summed E-state index contributed by atoms with van der Waals surface area (Å²) in [5.74, 6) is -3.26. The maximum Gasteiger partial charge on any atom is 0.310 e. The van der Waals surface area contributed by atoms with E-state index in [1.54, 1.807) is 0 Å². The van der Waals surface area contributed by atoms with Gasteiger partial charge in [-0.25, -0.2) is 8.78 Å². The standard InChI is InChI=1S/C11H15F2NO2.ClH/c12-11(13)1-7(2-11)9-3-10(4-9,8(15)16)6-14-5-9;/h7,14H,1-6H2,(H,15,16);1H. The van der Waals surface area contributed by atoms with Gasteiger partial charge in [0, 0.05) is 25.9 Å². The maximum atomic E-state index is 12.8.